The van der Waals surface area contributed by atoms with Gasteiger partial charge >= 0.3 is 0 Å². The van der Waals surface area contributed by atoms with E-state index in [0.717, 1.165) is 12.0 Å². The third-order valence-electron chi connectivity index (χ3n) is 6.16. The highest BCUT2D eigenvalue weighted by atomic mass is 16.5. The van der Waals surface area contributed by atoms with E-state index >= 15 is 0 Å². The lowest BCUT2D eigenvalue weighted by Crippen LogP contribution is -2.22. The molecule has 0 saturated carbocycles. The summed E-state index contributed by atoms with van der Waals surface area (Å²) in [6, 6.07) is 21.2. The zero-order chi connectivity index (χ0) is 23.6. The van der Waals surface area contributed by atoms with Gasteiger partial charge in [0.15, 0.2) is 0 Å². The SMILES string of the molecule is Cc1ccc(C2=CCC(C)(C)c3cc(C(O)C#Cc4ccc(C(=O)NO)cc4)ccc32)cc1. The van der Waals surface area contributed by atoms with Crippen molar-refractivity contribution >= 4 is 11.5 Å². The molecule has 0 heterocycles. The molecule has 1 atom stereocenters. The molecule has 0 radical (unpaired) electrons. The predicted molar refractivity (Wildman–Crippen MR) is 130 cm³/mol. The normalized spacial score (nSPS) is 14.9. The Hall–Kier alpha value is -3.65. The zero-order valence-corrected chi connectivity index (χ0v) is 19.0. The maximum absolute atomic E-state index is 11.4. The molecule has 1 aliphatic carbocycles. The van der Waals surface area contributed by atoms with E-state index < -0.39 is 12.0 Å². The quantitative estimate of drug-likeness (QED) is 0.295. The summed E-state index contributed by atoms with van der Waals surface area (Å²) in [5, 5.41) is 19.5. The van der Waals surface area contributed by atoms with Crippen molar-refractivity contribution in [3.8, 4) is 11.8 Å². The second-order valence-corrected chi connectivity index (χ2v) is 9.07. The summed E-state index contributed by atoms with van der Waals surface area (Å²) >= 11 is 0. The van der Waals surface area contributed by atoms with Crippen LogP contribution in [0.2, 0.25) is 0 Å². The lowest BCUT2D eigenvalue weighted by Gasteiger charge is -2.33. The van der Waals surface area contributed by atoms with Gasteiger partial charge in [0, 0.05) is 11.1 Å². The fourth-order valence-corrected chi connectivity index (χ4v) is 4.11. The van der Waals surface area contributed by atoms with Crippen LogP contribution in [0.5, 0.6) is 0 Å². The molecule has 3 N–H and O–H groups in total. The van der Waals surface area contributed by atoms with Crippen LogP contribution >= 0.6 is 0 Å². The fourth-order valence-electron chi connectivity index (χ4n) is 4.11. The molecule has 0 spiro atoms. The Balaban J connectivity index is 1.62. The summed E-state index contributed by atoms with van der Waals surface area (Å²) in [6.07, 6.45) is 2.30. The van der Waals surface area contributed by atoms with Crippen LogP contribution in [0.25, 0.3) is 5.57 Å². The number of aryl methyl sites for hydroxylation is 1. The second kappa shape index (κ2) is 9.07. The van der Waals surface area contributed by atoms with Crippen LogP contribution in [0.4, 0.5) is 0 Å². The maximum atomic E-state index is 11.4. The van der Waals surface area contributed by atoms with Gasteiger partial charge in [-0.25, -0.2) is 5.48 Å². The van der Waals surface area contributed by atoms with Gasteiger partial charge in [0.05, 0.1) is 0 Å². The molecule has 3 aromatic rings. The van der Waals surface area contributed by atoms with Gasteiger partial charge in [0.2, 0.25) is 0 Å². The van der Waals surface area contributed by atoms with Crippen LogP contribution in [0.15, 0.2) is 72.8 Å². The van der Waals surface area contributed by atoms with Crippen LogP contribution in [0, 0.1) is 18.8 Å². The third kappa shape index (κ3) is 4.75. The lowest BCUT2D eigenvalue weighted by atomic mass is 9.71. The van der Waals surface area contributed by atoms with Gasteiger partial charge in [-0.2, -0.15) is 0 Å². The molecule has 0 fully saturated rings. The van der Waals surface area contributed by atoms with Gasteiger partial charge in [-0.3, -0.25) is 10.0 Å². The minimum Gasteiger partial charge on any atom is -0.376 e. The van der Waals surface area contributed by atoms with Gasteiger partial charge in [0.1, 0.15) is 6.10 Å². The van der Waals surface area contributed by atoms with E-state index in [1.54, 1.807) is 29.7 Å². The van der Waals surface area contributed by atoms with Crippen molar-refractivity contribution in [1.82, 2.24) is 5.48 Å². The van der Waals surface area contributed by atoms with E-state index in [1.807, 2.05) is 6.07 Å². The molecule has 0 aromatic heterocycles. The van der Waals surface area contributed by atoms with E-state index in [0.29, 0.717) is 11.1 Å². The number of carbonyl (C=O) groups is 1. The Kier molecular flexibility index (Phi) is 6.20. The summed E-state index contributed by atoms with van der Waals surface area (Å²) in [5.41, 5.74) is 9.38. The molecule has 3 aromatic carbocycles. The zero-order valence-electron chi connectivity index (χ0n) is 19.0. The largest absolute Gasteiger partial charge is 0.376 e. The van der Waals surface area contributed by atoms with Gasteiger partial charge in [-0.15, -0.1) is 0 Å². The standard InChI is InChI=1S/C29H27NO3/c1-19-4-9-21(10-5-19)24-16-17-29(2,3)26-18-23(13-14-25(24)26)27(31)15-8-20-6-11-22(12-7-20)28(32)30-33/h4-7,9-14,16,18,27,31,33H,17H2,1-3H3,(H,30,32). The predicted octanol–water partition coefficient (Wildman–Crippen LogP) is 5.31. The molecule has 1 unspecified atom stereocenters. The van der Waals surface area contributed by atoms with E-state index in [-0.39, 0.29) is 5.41 Å². The lowest BCUT2D eigenvalue weighted by molar-refractivity contribution is 0.0706. The number of fused-ring (bicyclic) bond motifs is 1. The number of benzene rings is 3. The number of hydrogen-bond acceptors (Lipinski definition) is 3. The van der Waals surface area contributed by atoms with Crippen LogP contribution in [0.3, 0.4) is 0 Å². The maximum Gasteiger partial charge on any atom is 0.274 e. The molecule has 4 rings (SSSR count). The van der Waals surface area contributed by atoms with E-state index in [1.165, 1.54) is 27.8 Å². The number of hydrogen-bond donors (Lipinski definition) is 3. The van der Waals surface area contributed by atoms with Crippen molar-refractivity contribution in [2.75, 3.05) is 0 Å². The Labute approximate surface area is 194 Å². The molecule has 166 valence electrons. The summed E-state index contributed by atoms with van der Waals surface area (Å²) in [5.74, 6) is 5.29. The van der Waals surface area contributed by atoms with Crippen molar-refractivity contribution in [3.63, 3.8) is 0 Å². The van der Waals surface area contributed by atoms with Crippen LogP contribution in [-0.2, 0) is 5.41 Å². The average molecular weight is 438 g/mol. The average Bonchev–Trinajstić information content (AvgIpc) is 2.83. The van der Waals surface area contributed by atoms with Crippen molar-refractivity contribution in [1.29, 1.82) is 0 Å². The first-order valence-corrected chi connectivity index (χ1v) is 10.9. The van der Waals surface area contributed by atoms with E-state index in [4.69, 9.17) is 5.21 Å². The first-order valence-electron chi connectivity index (χ1n) is 10.9. The van der Waals surface area contributed by atoms with Gasteiger partial charge in [0.25, 0.3) is 5.91 Å². The van der Waals surface area contributed by atoms with Gasteiger partial charge in [-0.05, 0) is 70.9 Å². The summed E-state index contributed by atoms with van der Waals surface area (Å²) in [6.45, 7) is 6.53. The second-order valence-electron chi connectivity index (χ2n) is 9.07. The molecule has 1 aliphatic rings. The topological polar surface area (TPSA) is 69.6 Å². The number of hydroxylamine groups is 1. The molecule has 0 saturated heterocycles. The molecule has 4 heteroatoms. The molecule has 0 bridgehead atoms. The highest BCUT2D eigenvalue weighted by molar-refractivity contribution is 5.93. The highest BCUT2D eigenvalue weighted by Gasteiger charge is 2.29. The number of aliphatic hydroxyl groups excluding tert-OH is 1. The summed E-state index contributed by atoms with van der Waals surface area (Å²) in [4.78, 5) is 11.4. The van der Waals surface area contributed by atoms with Gasteiger partial charge < -0.3 is 5.11 Å². The number of aliphatic hydroxyl groups is 1. The smallest absolute Gasteiger partial charge is 0.274 e. The van der Waals surface area contributed by atoms with E-state index in [9.17, 15) is 9.90 Å². The Bertz CT molecular complexity index is 1270. The monoisotopic (exact) mass is 437 g/mol. The third-order valence-corrected chi connectivity index (χ3v) is 6.16. The fraction of sp³-hybridized carbons (Fsp3) is 0.207. The number of nitrogens with one attached hydrogen (secondary N) is 1. The molecule has 1 amide bonds. The Morgan fingerprint density at radius 1 is 1.03 bits per heavy atom. The molecule has 4 nitrogen and oxygen atoms in total. The first kappa shape index (κ1) is 22.5. The van der Waals surface area contributed by atoms with Crippen molar-refractivity contribution in [2.24, 2.45) is 0 Å². The molecular weight excluding hydrogens is 410 g/mol. The Morgan fingerprint density at radius 2 is 1.73 bits per heavy atom. The minimum absolute atomic E-state index is 0.0458. The molecule has 33 heavy (non-hydrogen) atoms. The Morgan fingerprint density at radius 3 is 2.39 bits per heavy atom. The van der Waals surface area contributed by atoms with Crippen LogP contribution in [-0.4, -0.2) is 16.2 Å². The first-order chi connectivity index (χ1) is 15.8. The number of allylic oxidation sites excluding steroid dienone is 1. The number of amides is 1. The van der Waals surface area contributed by atoms with E-state index in [2.05, 4.69) is 75.1 Å². The minimum atomic E-state index is -0.930. The van der Waals surface area contributed by atoms with Crippen molar-refractivity contribution < 1.29 is 15.1 Å². The summed E-state index contributed by atoms with van der Waals surface area (Å²) in [7, 11) is 0. The summed E-state index contributed by atoms with van der Waals surface area (Å²) < 4.78 is 0. The number of carbonyl (C=O) groups excluding carboxylic acids is 1. The van der Waals surface area contributed by atoms with Gasteiger partial charge in [-0.1, -0.05) is 79.8 Å². The van der Waals surface area contributed by atoms with Crippen molar-refractivity contribution in [2.45, 2.75) is 38.7 Å². The number of rotatable bonds is 3. The highest BCUT2D eigenvalue weighted by Crippen LogP contribution is 2.42. The van der Waals surface area contributed by atoms with Crippen LogP contribution < -0.4 is 5.48 Å². The van der Waals surface area contributed by atoms with Crippen molar-refractivity contribution in [3.05, 3.63) is 112 Å². The molecular formula is C29H27NO3. The molecule has 0 aliphatic heterocycles. The van der Waals surface area contributed by atoms with Crippen LogP contribution in [0.1, 0.15) is 70.1 Å².